The molecule has 2 aromatic carbocycles. The number of phenols is 2. The molecule has 0 amide bonds. The normalized spacial score (nSPS) is 13.5. The summed E-state index contributed by atoms with van der Waals surface area (Å²) in [7, 11) is 0. The number of ether oxygens (including phenoxy) is 1. The Hall–Kier alpha value is -2.16. The van der Waals surface area contributed by atoms with Crippen LogP contribution in [-0.2, 0) is 12.8 Å². The van der Waals surface area contributed by atoms with Gasteiger partial charge in [-0.1, -0.05) is 12.2 Å². The lowest BCUT2D eigenvalue weighted by Crippen LogP contribution is -2.00. The first-order chi connectivity index (χ1) is 9.22. The molecule has 3 rings (SSSR count). The van der Waals surface area contributed by atoms with Gasteiger partial charge < -0.3 is 14.9 Å². The van der Waals surface area contributed by atoms with Crippen molar-refractivity contribution < 1.29 is 14.9 Å². The van der Waals surface area contributed by atoms with Crippen LogP contribution in [0.25, 0.3) is 10.8 Å². The molecule has 2 aromatic rings. The quantitative estimate of drug-likeness (QED) is 0.640. The lowest BCUT2D eigenvalue weighted by molar-refractivity contribution is 0.340. The lowest BCUT2D eigenvalue weighted by Gasteiger charge is -2.18. The van der Waals surface area contributed by atoms with Crippen LogP contribution in [0.4, 0.5) is 0 Å². The minimum absolute atomic E-state index is 0.258. The molecule has 3 heteroatoms. The van der Waals surface area contributed by atoms with Crippen LogP contribution in [0.5, 0.6) is 17.2 Å². The molecule has 0 fully saturated rings. The second-order valence-electron chi connectivity index (χ2n) is 4.67. The first-order valence-corrected chi connectivity index (χ1v) is 6.49. The SMILES string of the molecule is CCOc1ccc2c(O)c3c(c(O)c2c1)CC=CC3. The molecule has 3 nitrogen and oxygen atoms in total. The van der Waals surface area contributed by atoms with Gasteiger partial charge in [-0.2, -0.15) is 0 Å². The van der Waals surface area contributed by atoms with Gasteiger partial charge in [-0.15, -0.1) is 0 Å². The summed E-state index contributed by atoms with van der Waals surface area (Å²) in [5.74, 6) is 1.24. The zero-order chi connectivity index (χ0) is 13.4. The summed E-state index contributed by atoms with van der Waals surface area (Å²) < 4.78 is 5.45. The van der Waals surface area contributed by atoms with Crippen molar-refractivity contribution in [2.75, 3.05) is 6.61 Å². The first kappa shape index (κ1) is 11.9. The third kappa shape index (κ3) is 1.82. The Morgan fingerprint density at radius 1 is 1.00 bits per heavy atom. The molecule has 0 radical (unpaired) electrons. The molecular formula is C16H16O3. The van der Waals surface area contributed by atoms with E-state index in [2.05, 4.69) is 0 Å². The van der Waals surface area contributed by atoms with Gasteiger partial charge in [-0.3, -0.25) is 0 Å². The minimum Gasteiger partial charge on any atom is -0.507 e. The van der Waals surface area contributed by atoms with Crippen molar-refractivity contribution in [3.8, 4) is 17.2 Å². The van der Waals surface area contributed by atoms with Crippen molar-refractivity contribution in [1.29, 1.82) is 0 Å². The Bertz CT molecular complexity index is 671. The maximum absolute atomic E-state index is 10.4. The highest BCUT2D eigenvalue weighted by Gasteiger charge is 2.19. The van der Waals surface area contributed by atoms with Crippen molar-refractivity contribution in [1.82, 2.24) is 0 Å². The highest BCUT2D eigenvalue weighted by atomic mass is 16.5. The van der Waals surface area contributed by atoms with E-state index in [0.717, 1.165) is 11.1 Å². The molecule has 0 bridgehead atoms. The standard InChI is InChI=1S/C16H16O3/c1-2-19-10-7-8-13-14(9-10)16(18)12-6-4-3-5-11(12)15(13)17/h3-4,7-9,17-18H,2,5-6H2,1H3. The van der Waals surface area contributed by atoms with Gasteiger partial charge >= 0.3 is 0 Å². The summed E-state index contributed by atoms with van der Waals surface area (Å²) in [4.78, 5) is 0. The third-order valence-electron chi connectivity index (χ3n) is 3.56. The van der Waals surface area contributed by atoms with E-state index in [0.29, 0.717) is 36.0 Å². The number of hydrogen-bond donors (Lipinski definition) is 2. The average Bonchev–Trinajstić information content (AvgIpc) is 2.45. The molecule has 0 atom stereocenters. The highest BCUT2D eigenvalue weighted by Crippen LogP contribution is 2.42. The molecule has 0 aromatic heterocycles. The number of aromatic hydroxyl groups is 2. The van der Waals surface area contributed by atoms with E-state index >= 15 is 0 Å². The van der Waals surface area contributed by atoms with Crippen molar-refractivity contribution in [2.24, 2.45) is 0 Å². The van der Waals surface area contributed by atoms with Crippen LogP contribution < -0.4 is 4.74 Å². The molecule has 98 valence electrons. The van der Waals surface area contributed by atoms with E-state index in [-0.39, 0.29) is 11.5 Å². The van der Waals surface area contributed by atoms with Crippen LogP contribution in [-0.4, -0.2) is 16.8 Å². The molecule has 19 heavy (non-hydrogen) atoms. The Balaban J connectivity index is 2.29. The minimum atomic E-state index is 0.258. The Kier molecular flexibility index (Phi) is 2.82. The maximum atomic E-state index is 10.4. The molecular weight excluding hydrogens is 240 g/mol. The van der Waals surface area contributed by atoms with E-state index < -0.39 is 0 Å². The van der Waals surface area contributed by atoms with Crippen molar-refractivity contribution in [3.63, 3.8) is 0 Å². The van der Waals surface area contributed by atoms with Crippen LogP contribution >= 0.6 is 0 Å². The second kappa shape index (κ2) is 4.50. The largest absolute Gasteiger partial charge is 0.507 e. The van der Waals surface area contributed by atoms with Gasteiger partial charge in [0.25, 0.3) is 0 Å². The molecule has 0 saturated carbocycles. The lowest BCUT2D eigenvalue weighted by atomic mass is 9.91. The molecule has 1 aliphatic carbocycles. The van der Waals surface area contributed by atoms with E-state index in [1.807, 2.05) is 25.1 Å². The molecule has 1 aliphatic rings. The van der Waals surface area contributed by atoms with Gasteiger partial charge in [-0.25, -0.2) is 0 Å². The summed E-state index contributed by atoms with van der Waals surface area (Å²) in [6.07, 6.45) is 5.35. The smallest absolute Gasteiger partial charge is 0.127 e. The summed E-state index contributed by atoms with van der Waals surface area (Å²) >= 11 is 0. The Morgan fingerprint density at radius 2 is 1.63 bits per heavy atom. The predicted octanol–water partition coefficient (Wildman–Crippen LogP) is 3.30. The molecule has 0 heterocycles. The molecule has 0 aliphatic heterocycles. The maximum Gasteiger partial charge on any atom is 0.127 e. The van der Waals surface area contributed by atoms with Crippen molar-refractivity contribution in [3.05, 3.63) is 41.5 Å². The number of allylic oxidation sites excluding steroid dienone is 2. The average molecular weight is 256 g/mol. The molecule has 0 unspecified atom stereocenters. The Morgan fingerprint density at radius 3 is 2.26 bits per heavy atom. The highest BCUT2D eigenvalue weighted by molar-refractivity contribution is 5.96. The van der Waals surface area contributed by atoms with Crippen molar-refractivity contribution in [2.45, 2.75) is 19.8 Å². The van der Waals surface area contributed by atoms with Crippen LogP contribution in [0.3, 0.4) is 0 Å². The second-order valence-corrected chi connectivity index (χ2v) is 4.67. The first-order valence-electron chi connectivity index (χ1n) is 6.49. The van der Waals surface area contributed by atoms with Gasteiger partial charge in [0.1, 0.15) is 17.2 Å². The number of phenolic OH excluding ortho intramolecular Hbond substituents is 2. The van der Waals surface area contributed by atoms with Gasteiger partial charge in [0, 0.05) is 21.9 Å². The number of fused-ring (bicyclic) bond motifs is 2. The van der Waals surface area contributed by atoms with Crippen LogP contribution in [0.2, 0.25) is 0 Å². The summed E-state index contributed by atoms with van der Waals surface area (Å²) in [5.41, 5.74) is 1.65. The van der Waals surface area contributed by atoms with Crippen molar-refractivity contribution >= 4 is 10.8 Å². The van der Waals surface area contributed by atoms with Crippen LogP contribution in [0.15, 0.2) is 30.4 Å². The number of rotatable bonds is 2. The fourth-order valence-electron chi connectivity index (χ4n) is 2.64. The van der Waals surface area contributed by atoms with E-state index in [1.165, 1.54) is 0 Å². The summed E-state index contributed by atoms with van der Waals surface area (Å²) in [5, 5.41) is 22.1. The zero-order valence-electron chi connectivity index (χ0n) is 10.8. The third-order valence-corrected chi connectivity index (χ3v) is 3.56. The molecule has 2 N–H and O–H groups in total. The number of hydrogen-bond acceptors (Lipinski definition) is 3. The summed E-state index contributed by atoms with van der Waals surface area (Å²) in [6.45, 7) is 2.49. The van der Waals surface area contributed by atoms with Gasteiger partial charge in [-0.05, 0) is 38.0 Å². The fourth-order valence-corrected chi connectivity index (χ4v) is 2.64. The van der Waals surface area contributed by atoms with E-state index in [4.69, 9.17) is 4.74 Å². The topological polar surface area (TPSA) is 49.7 Å². The Labute approximate surface area is 111 Å². The van der Waals surface area contributed by atoms with E-state index in [9.17, 15) is 10.2 Å². The molecule has 0 saturated heterocycles. The fraction of sp³-hybridized carbons (Fsp3) is 0.250. The van der Waals surface area contributed by atoms with Gasteiger partial charge in [0.05, 0.1) is 6.61 Å². The van der Waals surface area contributed by atoms with E-state index in [1.54, 1.807) is 12.1 Å². The van der Waals surface area contributed by atoms with Crippen LogP contribution in [0.1, 0.15) is 18.1 Å². The monoisotopic (exact) mass is 256 g/mol. The summed E-state index contributed by atoms with van der Waals surface area (Å²) in [6, 6.07) is 5.40. The van der Waals surface area contributed by atoms with Gasteiger partial charge in [0.15, 0.2) is 0 Å². The number of benzene rings is 2. The van der Waals surface area contributed by atoms with Gasteiger partial charge in [0.2, 0.25) is 0 Å². The zero-order valence-corrected chi connectivity index (χ0v) is 10.8. The van der Waals surface area contributed by atoms with Crippen LogP contribution in [0, 0.1) is 0 Å². The predicted molar refractivity (Wildman–Crippen MR) is 75.0 cm³/mol. The molecule has 0 spiro atoms.